The van der Waals surface area contributed by atoms with Gasteiger partial charge in [0.15, 0.2) is 6.61 Å². The van der Waals surface area contributed by atoms with E-state index in [1.165, 1.54) is 12.0 Å². The SMILES string of the molecule is CC(C)c1ccc(OCC(=O)N(Cc2ccccc2Cl)[C@H](Cc2ccccc2)C(=O)NC2CCCCC2)c(Br)c1. The van der Waals surface area contributed by atoms with Crippen molar-refractivity contribution < 1.29 is 14.3 Å². The Morgan fingerprint density at radius 2 is 1.70 bits per heavy atom. The number of benzene rings is 3. The van der Waals surface area contributed by atoms with Crippen LogP contribution in [-0.2, 0) is 22.6 Å². The van der Waals surface area contributed by atoms with Gasteiger partial charge in [-0.15, -0.1) is 0 Å². The molecule has 1 aliphatic carbocycles. The minimum Gasteiger partial charge on any atom is -0.483 e. The zero-order chi connectivity index (χ0) is 28.5. The van der Waals surface area contributed by atoms with Crippen molar-refractivity contribution in [2.75, 3.05) is 6.61 Å². The van der Waals surface area contributed by atoms with Gasteiger partial charge in [-0.1, -0.05) is 99.3 Å². The van der Waals surface area contributed by atoms with Gasteiger partial charge < -0.3 is 15.0 Å². The van der Waals surface area contributed by atoms with Crippen molar-refractivity contribution in [1.29, 1.82) is 0 Å². The lowest BCUT2D eigenvalue weighted by molar-refractivity contribution is -0.143. The fraction of sp³-hybridized carbons (Fsp3) is 0.394. The Hall–Kier alpha value is -2.83. The summed E-state index contributed by atoms with van der Waals surface area (Å²) in [7, 11) is 0. The van der Waals surface area contributed by atoms with Gasteiger partial charge in [-0.2, -0.15) is 0 Å². The number of carbonyl (C=O) groups is 2. The third-order valence-electron chi connectivity index (χ3n) is 7.49. The summed E-state index contributed by atoms with van der Waals surface area (Å²) in [5.41, 5.74) is 2.94. The minimum atomic E-state index is -0.719. The van der Waals surface area contributed by atoms with E-state index in [-0.39, 0.29) is 31.0 Å². The molecule has 0 unspecified atom stereocenters. The molecule has 0 aromatic heterocycles. The van der Waals surface area contributed by atoms with Crippen molar-refractivity contribution in [3.05, 3.63) is 99.0 Å². The number of nitrogens with zero attached hydrogens (tertiary/aromatic N) is 1. The summed E-state index contributed by atoms with van der Waals surface area (Å²) in [6.45, 7) is 4.25. The molecule has 0 aliphatic heterocycles. The van der Waals surface area contributed by atoms with E-state index in [4.69, 9.17) is 16.3 Å². The van der Waals surface area contributed by atoms with Crippen LogP contribution in [-0.4, -0.2) is 35.4 Å². The van der Waals surface area contributed by atoms with Crippen LogP contribution in [0.2, 0.25) is 5.02 Å². The van der Waals surface area contributed by atoms with Gasteiger partial charge in [0.2, 0.25) is 5.91 Å². The standard InChI is InChI=1S/C33H38BrClN2O3/c1-23(2)25-17-18-31(28(34)20-25)40-22-32(38)37(21-26-13-9-10-16-29(26)35)30(19-24-11-5-3-6-12-24)33(39)36-27-14-7-4-8-15-27/h3,5-6,9-13,16-18,20,23,27,30H,4,7-8,14-15,19,21-22H2,1-2H3,(H,36,39)/t30-/m1/s1. The fourth-order valence-electron chi connectivity index (χ4n) is 5.12. The summed E-state index contributed by atoms with van der Waals surface area (Å²) in [5.74, 6) is 0.541. The molecule has 1 saturated carbocycles. The monoisotopic (exact) mass is 624 g/mol. The van der Waals surface area contributed by atoms with Crippen LogP contribution in [0.25, 0.3) is 0 Å². The molecule has 4 rings (SSSR count). The van der Waals surface area contributed by atoms with E-state index >= 15 is 0 Å². The Bertz CT molecular complexity index is 1280. The molecule has 1 N–H and O–H groups in total. The highest BCUT2D eigenvalue weighted by molar-refractivity contribution is 9.10. The largest absolute Gasteiger partial charge is 0.483 e. The van der Waals surface area contributed by atoms with E-state index < -0.39 is 6.04 Å². The molecule has 1 atom stereocenters. The molecule has 5 nitrogen and oxygen atoms in total. The highest BCUT2D eigenvalue weighted by Gasteiger charge is 2.32. The first-order valence-electron chi connectivity index (χ1n) is 14.1. The average Bonchev–Trinajstić information content (AvgIpc) is 2.96. The maximum atomic E-state index is 13.9. The fourth-order valence-corrected chi connectivity index (χ4v) is 5.83. The Morgan fingerprint density at radius 3 is 2.38 bits per heavy atom. The molecule has 3 aromatic carbocycles. The molecule has 0 heterocycles. The summed E-state index contributed by atoms with van der Waals surface area (Å²) < 4.78 is 6.80. The zero-order valence-corrected chi connectivity index (χ0v) is 25.6. The molecule has 0 bridgehead atoms. The van der Waals surface area contributed by atoms with Crippen molar-refractivity contribution in [3.63, 3.8) is 0 Å². The molecule has 1 aliphatic rings. The second-order valence-electron chi connectivity index (χ2n) is 10.8. The van der Waals surface area contributed by atoms with Gasteiger partial charge in [0.1, 0.15) is 11.8 Å². The van der Waals surface area contributed by atoms with E-state index in [0.717, 1.165) is 41.3 Å². The lowest BCUT2D eigenvalue weighted by atomic mass is 9.94. The minimum absolute atomic E-state index is 0.128. The predicted molar refractivity (Wildman–Crippen MR) is 165 cm³/mol. The van der Waals surface area contributed by atoms with Crippen LogP contribution in [0.3, 0.4) is 0 Å². The van der Waals surface area contributed by atoms with Gasteiger partial charge in [0.05, 0.1) is 4.47 Å². The number of halogens is 2. The Kier molecular flexibility index (Phi) is 11.1. The topological polar surface area (TPSA) is 58.6 Å². The van der Waals surface area contributed by atoms with Crippen molar-refractivity contribution in [3.8, 4) is 5.75 Å². The van der Waals surface area contributed by atoms with Crippen molar-refractivity contribution in [2.45, 2.75) is 76.9 Å². The summed E-state index contributed by atoms with van der Waals surface area (Å²) in [6.07, 6.45) is 5.73. The third kappa shape index (κ3) is 8.34. The summed E-state index contributed by atoms with van der Waals surface area (Å²) in [5, 5.41) is 3.82. The first kappa shape index (κ1) is 30.1. The van der Waals surface area contributed by atoms with Crippen molar-refractivity contribution in [1.82, 2.24) is 10.2 Å². The van der Waals surface area contributed by atoms with E-state index in [2.05, 4.69) is 35.1 Å². The molecular formula is C33H38BrClN2O3. The first-order chi connectivity index (χ1) is 19.3. The lowest BCUT2D eigenvalue weighted by Gasteiger charge is -2.33. The Labute approximate surface area is 251 Å². The number of amides is 2. The van der Waals surface area contributed by atoms with Gasteiger partial charge in [-0.3, -0.25) is 9.59 Å². The number of nitrogens with one attached hydrogen (secondary N) is 1. The number of hydrogen-bond donors (Lipinski definition) is 1. The molecule has 3 aromatic rings. The van der Waals surface area contributed by atoms with E-state index in [0.29, 0.717) is 23.1 Å². The van der Waals surface area contributed by atoms with E-state index in [1.54, 1.807) is 11.0 Å². The quantitative estimate of drug-likeness (QED) is 0.238. The Balaban J connectivity index is 1.62. The van der Waals surface area contributed by atoms with Crippen LogP contribution >= 0.6 is 27.5 Å². The molecule has 7 heteroatoms. The molecule has 0 radical (unpaired) electrons. The maximum Gasteiger partial charge on any atom is 0.261 e. The van der Waals surface area contributed by atoms with Crippen LogP contribution < -0.4 is 10.1 Å². The number of hydrogen-bond acceptors (Lipinski definition) is 3. The molecule has 212 valence electrons. The van der Waals surface area contributed by atoms with Gasteiger partial charge in [-0.05, 0) is 69.6 Å². The van der Waals surface area contributed by atoms with Crippen LogP contribution in [0.15, 0.2) is 77.3 Å². The van der Waals surface area contributed by atoms with E-state index in [1.807, 2.05) is 66.7 Å². The number of carbonyl (C=O) groups excluding carboxylic acids is 2. The highest BCUT2D eigenvalue weighted by atomic mass is 79.9. The van der Waals surface area contributed by atoms with Crippen molar-refractivity contribution in [2.24, 2.45) is 0 Å². The Morgan fingerprint density at radius 1 is 1.00 bits per heavy atom. The molecule has 0 spiro atoms. The van der Waals surface area contributed by atoms with Gasteiger partial charge in [0.25, 0.3) is 5.91 Å². The lowest BCUT2D eigenvalue weighted by Crippen LogP contribution is -2.53. The van der Waals surface area contributed by atoms with Crippen molar-refractivity contribution >= 4 is 39.3 Å². The zero-order valence-electron chi connectivity index (χ0n) is 23.2. The second kappa shape index (κ2) is 14.7. The molecule has 2 amide bonds. The smallest absolute Gasteiger partial charge is 0.261 e. The normalized spacial score (nSPS) is 14.5. The molecule has 0 saturated heterocycles. The van der Waals surface area contributed by atoms with Crippen LogP contribution in [0, 0.1) is 0 Å². The summed E-state index contributed by atoms with van der Waals surface area (Å²) >= 11 is 10.1. The molecule has 1 fully saturated rings. The second-order valence-corrected chi connectivity index (χ2v) is 12.1. The van der Waals surface area contributed by atoms with Crippen LogP contribution in [0.1, 0.15) is 68.6 Å². The average molecular weight is 626 g/mol. The predicted octanol–water partition coefficient (Wildman–Crippen LogP) is 7.69. The van der Waals surface area contributed by atoms with E-state index in [9.17, 15) is 9.59 Å². The van der Waals surface area contributed by atoms with Crippen LogP contribution in [0.5, 0.6) is 5.75 Å². The van der Waals surface area contributed by atoms with Gasteiger partial charge in [-0.25, -0.2) is 0 Å². The van der Waals surface area contributed by atoms with Gasteiger partial charge in [0, 0.05) is 24.0 Å². The number of rotatable bonds is 11. The highest BCUT2D eigenvalue weighted by Crippen LogP contribution is 2.29. The first-order valence-corrected chi connectivity index (χ1v) is 15.3. The number of ether oxygens (including phenoxy) is 1. The van der Waals surface area contributed by atoms with Gasteiger partial charge >= 0.3 is 0 Å². The summed E-state index contributed by atoms with van der Waals surface area (Å²) in [6, 6.07) is 22.6. The van der Waals surface area contributed by atoms with Crippen LogP contribution in [0.4, 0.5) is 0 Å². The summed E-state index contributed by atoms with van der Waals surface area (Å²) in [4.78, 5) is 29.4. The third-order valence-corrected chi connectivity index (χ3v) is 8.48. The maximum absolute atomic E-state index is 13.9. The molecule has 40 heavy (non-hydrogen) atoms. The molecular weight excluding hydrogens is 588 g/mol.